The van der Waals surface area contributed by atoms with E-state index in [0.29, 0.717) is 17.2 Å². The second kappa shape index (κ2) is 7.82. The minimum Gasteiger partial charge on any atom is -0.356 e. The zero-order chi connectivity index (χ0) is 14.4. The Morgan fingerprint density at radius 3 is 2.75 bits per heavy atom. The van der Waals surface area contributed by atoms with Crippen LogP contribution in [0.4, 0.5) is 0 Å². The normalized spacial score (nSPS) is 22.5. The fraction of sp³-hybridized carbons (Fsp3) is 0.588. The van der Waals surface area contributed by atoms with Crippen LogP contribution in [-0.4, -0.2) is 17.3 Å². The third-order valence-corrected chi connectivity index (χ3v) is 5.00. The summed E-state index contributed by atoms with van der Waals surface area (Å²) in [6.07, 6.45) is 6.37. The summed E-state index contributed by atoms with van der Waals surface area (Å²) in [5.74, 6) is 0.860. The fourth-order valence-corrected chi connectivity index (χ4v) is 3.33. The maximum atomic E-state index is 11.9. The lowest BCUT2D eigenvalue weighted by atomic mass is 9.89. The van der Waals surface area contributed by atoms with E-state index in [1.165, 1.54) is 36.8 Å². The molecular formula is C17H24BrNO. The molecule has 1 aliphatic rings. The molecule has 0 spiro atoms. The van der Waals surface area contributed by atoms with Crippen molar-refractivity contribution in [1.29, 1.82) is 0 Å². The summed E-state index contributed by atoms with van der Waals surface area (Å²) in [4.78, 5) is 12.6. The molecule has 0 saturated heterocycles. The van der Waals surface area contributed by atoms with E-state index in [9.17, 15) is 4.79 Å². The molecule has 110 valence electrons. The van der Waals surface area contributed by atoms with Gasteiger partial charge in [-0.05, 0) is 50.5 Å². The van der Waals surface area contributed by atoms with Gasteiger partial charge in [-0.2, -0.15) is 0 Å². The molecule has 0 radical (unpaired) electrons. The zero-order valence-electron chi connectivity index (χ0n) is 12.2. The first kappa shape index (κ1) is 15.6. The number of carbonyl (C=O) groups is 1. The van der Waals surface area contributed by atoms with Crippen molar-refractivity contribution in [2.24, 2.45) is 5.92 Å². The van der Waals surface area contributed by atoms with Gasteiger partial charge in [0.05, 0.1) is 0 Å². The van der Waals surface area contributed by atoms with Crippen LogP contribution in [0.2, 0.25) is 0 Å². The van der Waals surface area contributed by atoms with Crippen LogP contribution in [0.15, 0.2) is 24.3 Å². The van der Waals surface area contributed by atoms with Crippen LogP contribution in [0, 0.1) is 12.8 Å². The first-order valence-electron chi connectivity index (χ1n) is 7.60. The van der Waals surface area contributed by atoms with Crippen molar-refractivity contribution in [3.8, 4) is 0 Å². The molecule has 0 unspecified atom stereocenters. The number of amides is 1. The highest BCUT2D eigenvalue weighted by Gasteiger charge is 2.19. The Hall–Kier alpha value is -0.830. The molecule has 0 heterocycles. The second-order valence-electron chi connectivity index (χ2n) is 5.91. The van der Waals surface area contributed by atoms with Crippen molar-refractivity contribution < 1.29 is 4.79 Å². The average Bonchev–Trinajstić information content (AvgIpc) is 2.45. The highest BCUT2D eigenvalue weighted by molar-refractivity contribution is 9.09. The number of alkyl halides is 1. The summed E-state index contributed by atoms with van der Waals surface area (Å²) in [6.45, 7) is 2.94. The number of halogens is 1. The molecule has 2 nitrogen and oxygen atoms in total. The maximum absolute atomic E-state index is 11.9. The lowest BCUT2D eigenvalue weighted by Crippen LogP contribution is -2.31. The van der Waals surface area contributed by atoms with Gasteiger partial charge in [0.2, 0.25) is 5.91 Å². The molecule has 3 heteroatoms. The molecule has 2 rings (SSSR count). The van der Waals surface area contributed by atoms with Gasteiger partial charge >= 0.3 is 0 Å². The van der Waals surface area contributed by atoms with E-state index in [-0.39, 0.29) is 5.91 Å². The van der Waals surface area contributed by atoms with Gasteiger partial charge in [0.25, 0.3) is 0 Å². The SMILES string of the molecule is Cc1cccc(CCC(=O)NCC2CCC(Br)CC2)c1. The molecule has 1 aromatic carbocycles. The molecule has 0 atom stereocenters. The van der Waals surface area contributed by atoms with Gasteiger partial charge in [-0.1, -0.05) is 45.8 Å². The van der Waals surface area contributed by atoms with Gasteiger partial charge < -0.3 is 5.32 Å². The zero-order valence-corrected chi connectivity index (χ0v) is 13.8. The summed E-state index contributed by atoms with van der Waals surface area (Å²) in [6, 6.07) is 8.40. The summed E-state index contributed by atoms with van der Waals surface area (Å²) in [7, 11) is 0. The topological polar surface area (TPSA) is 29.1 Å². The lowest BCUT2D eigenvalue weighted by molar-refractivity contribution is -0.121. The van der Waals surface area contributed by atoms with Gasteiger partial charge in [0.1, 0.15) is 0 Å². The number of hydrogen-bond donors (Lipinski definition) is 1. The third-order valence-electron chi connectivity index (χ3n) is 4.09. The van der Waals surface area contributed by atoms with Gasteiger partial charge in [-0.15, -0.1) is 0 Å². The lowest BCUT2D eigenvalue weighted by Gasteiger charge is -2.25. The molecule has 0 bridgehead atoms. The van der Waals surface area contributed by atoms with E-state index < -0.39 is 0 Å². The molecule has 20 heavy (non-hydrogen) atoms. The van der Waals surface area contributed by atoms with E-state index >= 15 is 0 Å². The Balaban J connectivity index is 1.65. The highest BCUT2D eigenvalue weighted by Crippen LogP contribution is 2.28. The Kier molecular flexibility index (Phi) is 6.08. The van der Waals surface area contributed by atoms with Crippen molar-refractivity contribution in [3.05, 3.63) is 35.4 Å². The standard InChI is InChI=1S/C17H24BrNO/c1-13-3-2-4-14(11-13)7-10-17(20)19-12-15-5-8-16(18)9-6-15/h2-4,11,15-16H,5-10,12H2,1H3,(H,19,20). The predicted octanol–water partition coefficient (Wildman–Crippen LogP) is 4.00. The average molecular weight is 338 g/mol. The van der Waals surface area contributed by atoms with Crippen LogP contribution in [-0.2, 0) is 11.2 Å². The van der Waals surface area contributed by atoms with Crippen molar-refractivity contribution >= 4 is 21.8 Å². The van der Waals surface area contributed by atoms with E-state index in [0.717, 1.165) is 13.0 Å². The van der Waals surface area contributed by atoms with Crippen molar-refractivity contribution in [1.82, 2.24) is 5.32 Å². The summed E-state index contributed by atoms with van der Waals surface area (Å²) < 4.78 is 0. The molecule has 1 aromatic rings. The summed E-state index contributed by atoms with van der Waals surface area (Å²) in [5, 5.41) is 3.10. The van der Waals surface area contributed by atoms with Crippen molar-refractivity contribution in [2.45, 2.75) is 50.3 Å². The van der Waals surface area contributed by atoms with Crippen LogP contribution in [0.1, 0.15) is 43.2 Å². The molecule has 0 aromatic heterocycles. The van der Waals surface area contributed by atoms with Crippen LogP contribution in [0.3, 0.4) is 0 Å². The molecule has 1 fully saturated rings. The van der Waals surface area contributed by atoms with E-state index in [1.54, 1.807) is 0 Å². The number of benzene rings is 1. The van der Waals surface area contributed by atoms with Crippen LogP contribution in [0.25, 0.3) is 0 Å². The Labute approximate surface area is 130 Å². The van der Waals surface area contributed by atoms with Gasteiger partial charge in [0.15, 0.2) is 0 Å². The number of carbonyl (C=O) groups excluding carboxylic acids is 1. The molecule has 1 saturated carbocycles. The van der Waals surface area contributed by atoms with Gasteiger partial charge in [0, 0.05) is 17.8 Å². The number of rotatable bonds is 5. The highest BCUT2D eigenvalue weighted by atomic mass is 79.9. The minimum absolute atomic E-state index is 0.187. The Morgan fingerprint density at radius 1 is 1.30 bits per heavy atom. The molecule has 1 N–H and O–H groups in total. The smallest absolute Gasteiger partial charge is 0.220 e. The van der Waals surface area contributed by atoms with Crippen LogP contribution in [0.5, 0.6) is 0 Å². The quantitative estimate of drug-likeness (QED) is 0.808. The Morgan fingerprint density at radius 2 is 2.05 bits per heavy atom. The van der Waals surface area contributed by atoms with Crippen molar-refractivity contribution in [2.75, 3.05) is 6.54 Å². The number of hydrogen-bond acceptors (Lipinski definition) is 1. The maximum Gasteiger partial charge on any atom is 0.220 e. The largest absolute Gasteiger partial charge is 0.356 e. The predicted molar refractivity (Wildman–Crippen MR) is 87.2 cm³/mol. The van der Waals surface area contributed by atoms with Crippen LogP contribution < -0.4 is 5.32 Å². The monoisotopic (exact) mass is 337 g/mol. The molecule has 0 aliphatic heterocycles. The minimum atomic E-state index is 0.187. The molecule has 1 aliphatic carbocycles. The van der Waals surface area contributed by atoms with E-state index in [1.807, 2.05) is 0 Å². The molecule has 1 amide bonds. The summed E-state index contributed by atoms with van der Waals surface area (Å²) in [5.41, 5.74) is 2.51. The third kappa shape index (κ3) is 5.28. The first-order valence-corrected chi connectivity index (χ1v) is 8.51. The van der Waals surface area contributed by atoms with Crippen LogP contribution >= 0.6 is 15.9 Å². The summed E-state index contributed by atoms with van der Waals surface area (Å²) >= 11 is 3.66. The number of aryl methyl sites for hydroxylation is 2. The Bertz CT molecular complexity index is 438. The van der Waals surface area contributed by atoms with E-state index in [2.05, 4.69) is 52.4 Å². The number of nitrogens with one attached hydrogen (secondary N) is 1. The van der Waals surface area contributed by atoms with Gasteiger partial charge in [-0.3, -0.25) is 4.79 Å². The van der Waals surface area contributed by atoms with E-state index in [4.69, 9.17) is 0 Å². The fourth-order valence-electron chi connectivity index (χ4n) is 2.80. The van der Waals surface area contributed by atoms with Gasteiger partial charge in [-0.25, -0.2) is 0 Å². The molecular weight excluding hydrogens is 314 g/mol. The van der Waals surface area contributed by atoms with Crippen molar-refractivity contribution in [3.63, 3.8) is 0 Å². The first-order chi connectivity index (χ1) is 9.63. The second-order valence-corrected chi connectivity index (χ2v) is 7.21.